The molecule has 0 radical (unpaired) electrons. The van der Waals surface area contributed by atoms with E-state index in [2.05, 4.69) is 48.0 Å². The number of hydrogen-bond donors (Lipinski definition) is 1. The monoisotopic (exact) mass is 478 g/mol. The van der Waals surface area contributed by atoms with Gasteiger partial charge in [0.2, 0.25) is 11.1 Å². The van der Waals surface area contributed by atoms with Crippen molar-refractivity contribution in [2.45, 2.75) is 43.6 Å². The lowest BCUT2D eigenvalue weighted by Gasteiger charge is -2.28. The summed E-state index contributed by atoms with van der Waals surface area (Å²) in [6, 6.07) is 14.3. The van der Waals surface area contributed by atoms with E-state index in [1.54, 1.807) is 22.9 Å². The first-order chi connectivity index (χ1) is 16.4. The minimum Gasteiger partial charge on any atom is -0.458 e. The van der Waals surface area contributed by atoms with Crippen molar-refractivity contribution in [2.24, 2.45) is 0 Å². The second-order valence-electron chi connectivity index (χ2n) is 8.32. The molecular formula is C26H27FN4O2S. The number of thioether (sulfide) groups is 1. The van der Waals surface area contributed by atoms with Crippen molar-refractivity contribution in [1.82, 2.24) is 14.8 Å². The molecule has 34 heavy (non-hydrogen) atoms. The first kappa shape index (κ1) is 23.8. The summed E-state index contributed by atoms with van der Waals surface area (Å²) in [4.78, 5) is 17.6. The van der Waals surface area contributed by atoms with E-state index in [0.29, 0.717) is 39.6 Å². The second kappa shape index (κ2) is 10.3. The number of rotatable bonds is 8. The van der Waals surface area contributed by atoms with Gasteiger partial charge in [0, 0.05) is 11.4 Å². The van der Waals surface area contributed by atoms with Gasteiger partial charge < -0.3 is 10.1 Å². The van der Waals surface area contributed by atoms with Gasteiger partial charge in [-0.15, -0.1) is 5.10 Å². The smallest absolute Gasteiger partial charge is 0.338 e. The molecule has 1 aromatic heterocycles. The Kier molecular flexibility index (Phi) is 7.17. The second-order valence-corrected chi connectivity index (χ2v) is 9.26. The Hall–Kier alpha value is -3.39. The average molecular weight is 479 g/mol. The molecule has 1 atom stereocenters. The Balaban J connectivity index is 1.70. The maximum Gasteiger partial charge on any atom is 0.338 e. The third-order valence-corrected chi connectivity index (χ3v) is 6.51. The van der Waals surface area contributed by atoms with E-state index in [1.165, 1.54) is 29.5 Å². The van der Waals surface area contributed by atoms with E-state index < -0.39 is 12.0 Å². The number of halogens is 1. The van der Waals surface area contributed by atoms with Gasteiger partial charge in [0.1, 0.15) is 18.5 Å². The molecule has 1 aliphatic heterocycles. The van der Waals surface area contributed by atoms with Crippen molar-refractivity contribution in [3.63, 3.8) is 0 Å². The Morgan fingerprint density at radius 1 is 1.26 bits per heavy atom. The number of allylic oxidation sites excluding steroid dienone is 1. The van der Waals surface area contributed by atoms with E-state index in [0.717, 1.165) is 5.56 Å². The fourth-order valence-corrected chi connectivity index (χ4v) is 4.61. The van der Waals surface area contributed by atoms with Crippen molar-refractivity contribution in [1.29, 1.82) is 0 Å². The van der Waals surface area contributed by atoms with Crippen LogP contribution in [0.3, 0.4) is 0 Å². The Bertz CT molecular complexity index is 1230. The predicted octanol–water partition coefficient (Wildman–Crippen LogP) is 5.85. The van der Waals surface area contributed by atoms with E-state index in [4.69, 9.17) is 4.74 Å². The molecule has 0 bridgehead atoms. The third-order valence-electron chi connectivity index (χ3n) is 5.62. The molecule has 0 saturated heterocycles. The van der Waals surface area contributed by atoms with Crippen LogP contribution in [0.1, 0.15) is 49.4 Å². The van der Waals surface area contributed by atoms with Gasteiger partial charge in [-0.1, -0.05) is 80.7 Å². The molecule has 0 fully saturated rings. The summed E-state index contributed by atoms with van der Waals surface area (Å²) in [6.45, 7) is 9.83. The van der Waals surface area contributed by atoms with Crippen LogP contribution in [-0.4, -0.2) is 27.3 Å². The summed E-state index contributed by atoms with van der Waals surface area (Å²) < 4.78 is 21.1. The zero-order valence-corrected chi connectivity index (χ0v) is 20.2. The highest BCUT2D eigenvalue weighted by molar-refractivity contribution is 7.98. The summed E-state index contributed by atoms with van der Waals surface area (Å²) in [5, 5.41) is 8.35. The van der Waals surface area contributed by atoms with E-state index in [1.807, 2.05) is 19.1 Å². The van der Waals surface area contributed by atoms with Gasteiger partial charge in [-0.05, 0) is 35.6 Å². The predicted molar refractivity (Wildman–Crippen MR) is 132 cm³/mol. The SMILES string of the molecule is C=CCOC(=O)C1=C(C)Nc2nc(SCc3ccccc3F)nn2C1c1ccc(C(C)C)cc1. The molecule has 0 aliphatic carbocycles. The molecule has 6 nitrogen and oxygen atoms in total. The summed E-state index contributed by atoms with van der Waals surface area (Å²) in [7, 11) is 0. The maximum absolute atomic E-state index is 14.0. The molecule has 176 valence electrons. The zero-order valence-electron chi connectivity index (χ0n) is 19.4. The largest absolute Gasteiger partial charge is 0.458 e. The van der Waals surface area contributed by atoms with Crippen LogP contribution in [0.25, 0.3) is 0 Å². The molecule has 0 spiro atoms. The fraction of sp³-hybridized carbons (Fsp3) is 0.269. The van der Waals surface area contributed by atoms with Crippen molar-refractivity contribution in [3.05, 3.63) is 95.0 Å². The lowest BCUT2D eigenvalue weighted by atomic mass is 9.93. The molecule has 3 aromatic rings. The van der Waals surface area contributed by atoms with Crippen LogP contribution in [0.4, 0.5) is 10.3 Å². The molecule has 0 saturated carbocycles. The Morgan fingerprint density at radius 2 is 2.00 bits per heavy atom. The summed E-state index contributed by atoms with van der Waals surface area (Å²) >= 11 is 1.34. The van der Waals surface area contributed by atoms with Crippen LogP contribution < -0.4 is 5.32 Å². The summed E-state index contributed by atoms with van der Waals surface area (Å²) in [5.41, 5.74) is 3.79. The number of benzene rings is 2. The first-order valence-corrected chi connectivity index (χ1v) is 12.1. The normalized spacial score (nSPS) is 15.1. The zero-order chi connectivity index (χ0) is 24.2. The number of ether oxygens (including phenoxy) is 1. The van der Waals surface area contributed by atoms with Crippen LogP contribution in [0.2, 0.25) is 0 Å². The van der Waals surface area contributed by atoms with Gasteiger partial charge in [-0.3, -0.25) is 0 Å². The van der Waals surface area contributed by atoms with Crippen LogP contribution in [0.15, 0.2) is 77.6 Å². The number of nitrogens with zero attached hydrogens (tertiary/aromatic N) is 3. The lowest BCUT2D eigenvalue weighted by molar-refractivity contribution is -0.138. The molecule has 8 heteroatoms. The quantitative estimate of drug-likeness (QED) is 0.249. The first-order valence-electron chi connectivity index (χ1n) is 11.1. The minimum absolute atomic E-state index is 0.114. The van der Waals surface area contributed by atoms with E-state index in [-0.39, 0.29) is 12.4 Å². The van der Waals surface area contributed by atoms with Gasteiger partial charge >= 0.3 is 5.97 Å². The Labute approximate surface area is 202 Å². The van der Waals surface area contributed by atoms with Gasteiger partial charge in [0.05, 0.1) is 5.57 Å². The summed E-state index contributed by atoms with van der Waals surface area (Å²) in [6.07, 6.45) is 1.54. The van der Waals surface area contributed by atoms with Gasteiger partial charge in [0.25, 0.3) is 0 Å². The number of nitrogens with one attached hydrogen (secondary N) is 1. The van der Waals surface area contributed by atoms with Gasteiger partial charge in [0.15, 0.2) is 0 Å². The lowest BCUT2D eigenvalue weighted by Crippen LogP contribution is -2.29. The van der Waals surface area contributed by atoms with Crippen molar-refractivity contribution < 1.29 is 13.9 Å². The highest BCUT2D eigenvalue weighted by Crippen LogP contribution is 2.37. The topological polar surface area (TPSA) is 69.0 Å². The molecule has 2 aromatic carbocycles. The number of esters is 1. The number of fused-ring (bicyclic) bond motifs is 1. The number of anilines is 1. The fourth-order valence-electron chi connectivity index (χ4n) is 3.80. The third kappa shape index (κ3) is 4.92. The van der Waals surface area contributed by atoms with Crippen molar-refractivity contribution >= 4 is 23.7 Å². The van der Waals surface area contributed by atoms with Crippen LogP contribution in [-0.2, 0) is 15.3 Å². The van der Waals surface area contributed by atoms with Crippen molar-refractivity contribution in [3.8, 4) is 0 Å². The van der Waals surface area contributed by atoms with Crippen molar-refractivity contribution in [2.75, 3.05) is 11.9 Å². The molecule has 0 amide bonds. The van der Waals surface area contributed by atoms with Crippen LogP contribution >= 0.6 is 11.8 Å². The molecule has 1 unspecified atom stereocenters. The standard InChI is InChI=1S/C26H27FN4O2S/c1-5-14-33-24(32)22-17(4)28-25-29-26(34-15-20-8-6-7-9-21(20)27)30-31(25)23(22)19-12-10-18(11-13-19)16(2)3/h5-13,16,23H,1,14-15H2,2-4H3,(H,28,29,30). The average Bonchev–Trinajstić information content (AvgIpc) is 3.23. The minimum atomic E-state index is -0.509. The molecule has 2 heterocycles. The summed E-state index contributed by atoms with van der Waals surface area (Å²) in [5.74, 6) is 0.603. The number of carbonyl (C=O) groups is 1. The van der Waals surface area contributed by atoms with Gasteiger partial charge in [-0.2, -0.15) is 4.98 Å². The van der Waals surface area contributed by atoms with E-state index in [9.17, 15) is 9.18 Å². The Morgan fingerprint density at radius 3 is 2.68 bits per heavy atom. The molecule has 4 rings (SSSR count). The molecule has 1 N–H and O–H groups in total. The number of carbonyl (C=O) groups excluding carboxylic acids is 1. The highest BCUT2D eigenvalue weighted by atomic mass is 32.2. The highest BCUT2D eigenvalue weighted by Gasteiger charge is 2.35. The van der Waals surface area contributed by atoms with Gasteiger partial charge in [-0.25, -0.2) is 13.9 Å². The molecular weight excluding hydrogens is 451 g/mol. The number of hydrogen-bond acceptors (Lipinski definition) is 6. The van der Waals surface area contributed by atoms with Crippen LogP contribution in [0, 0.1) is 5.82 Å². The maximum atomic E-state index is 14.0. The van der Waals surface area contributed by atoms with Crippen LogP contribution in [0.5, 0.6) is 0 Å². The van der Waals surface area contributed by atoms with E-state index >= 15 is 0 Å². The number of aromatic nitrogens is 3. The molecule has 1 aliphatic rings.